The molecule has 4 nitrogen and oxygen atoms in total. The zero-order valence-electron chi connectivity index (χ0n) is 11.6. The zero-order valence-corrected chi connectivity index (χ0v) is 12.4. The van der Waals surface area contributed by atoms with Gasteiger partial charge in [0.1, 0.15) is 11.5 Å². The lowest BCUT2D eigenvalue weighted by Gasteiger charge is -2.30. The highest BCUT2D eigenvalue weighted by Gasteiger charge is 2.17. The SMILES string of the molecule is COc1cc(CN2CCCC(N)C2)cc(OC)c1.Cl. The summed E-state index contributed by atoms with van der Waals surface area (Å²) in [5, 5.41) is 0. The van der Waals surface area contributed by atoms with Crippen LogP contribution in [0.25, 0.3) is 0 Å². The number of nitrogens with two attached hydrogens (primary N) is 1. The van der Waals surface area contributed by atoms with Crippen molar-refractivity contribution in [2.24, 2.45) is 5.73 Å². The number of halogens is 1. The lowest BCUT2D eigenvalue weighted by atomic mass is 10.1. The van der Waals surface area contributed by atoms with Gasteiger partial charge in [-0.05, 0) is 37.1 Å². The van der Waals surface area contributed by atoms with Crippen molar-refractivity contribution in [2.75, 3.05) is 27.3 Å². The number of hydrogen-bond acceptors (Lipinski definition) is 4. The number of likely N-dealkylation sites (tertiary alicyclic amines) is 1. The molecule has 0 spiro atoms. The van der Waals surface area contributed by atoms with Gasteiger partial charge in [-0.3, -0.25) is 4.90 Å². The van der Waals surface area contributed by atoms with Gasteiger partial charge < -0.3 is 15.2 Å². The van der Waals surface area contributed by atoms with Crippen LogP contribution < -0.4 is 15.2 Å². The molecule has 1 unspecified atom stereocenters. The molecule has 2 N–H and O–H groups in total. The first-order valence-corrected chi connectivity index (χ1v) is 6.41. The lowest BCUT2D eigenvalue weighted by Crippen LogP contribution is -2.42. The van der Waals surface area contributed by atoms with E-state index in [2.05, 4.69) is 17.0 Å². The van der Waals surface area contributed by atoms with E-state index in [1.807, 2.05) is 6.07 Å². The van der Waals surface area contributed by atoms with Crippen LogP contribution in [0.4, 0.5) is 0 Å². The van der Waals surface area contributed by atoms with Crippen molar-refractivity contribution in [2.45, 2.75) is 25.4 Å². The largest absolute Gasteiger partial charge is 0.497 e. The van der Waals surface area contributed by atoms with E-state index in [9.17, 15) is 0 Å². The van der Waals surface area contributed by atoms with Gasteiger partial charge in [-0.15, -0.1) is 12.4 Å². The molecule has 0 saturated carbocycles. The van der Waals surface area contributed by atoms with E-state index in [4.69, 9.17) is 15.2 Å². The van der Waals surface area contributed by atoms with Crippen molar-refractivity contribution < 1.29 is 9.47 Å². The standard InChI is InChI=1S/C14H22N2O2.ClH/c1-17-13-6-11(7-14(8-13)18-2)9-16-5-3-4-12(15)10-16;/h6-8,12H,3-5,9-10,15H2,1-2H3;1H. The molecule has 1 aromatic rings. The number of ether oxygens (including phenoxy) is 2. The first-order chi connectivity index (χ1) is 8.71. The summed E-state index contributed by atoms with van der Waals surface area (Å²) in [4.78, 5) is 2.39. The predicted molar refractivity (Wildman–Crippen MR) is 79.3 cm³/mol. The molecule has 108 valence electrons. The van der Waals surface area contributed by atoms with Crippen LogP contribution in [0, 0.1) is 0 Å². The molecule has 0 aliphatic carbocycles. The summed E-state index contributed by atoms with van der Waals surface area (Å²) in [7, 11) is 3.35. The lowest BCUT2D eigenvalue weighted by molar-refractivity contribution is 0.201. The molecule has 0 bridgehead atoms. The van der Waals surface area contributed by atoms with Gasteiger partial charge in [0.25, 0.3) is 0 Å². The Kier molecular flexibility index (Phi) is 6.42. The van der Waals surface area contributed by atoms with Crippen molar-refractivity contribution in [1.29, 1.82) is 0 Å². The Hall–Kier alpha value is -0.970. The maximum absolute atomic E-state index is 6.00. The number of nitrogens with zero attached hydrogens (tertiary/aromatic N) is 1. The second kappa shape index (κ2) is 7.58. The first kappa shape index (κ1) is 16.1. The number of hydrogen-bond donors (Lipinski definition) is 1. The number of rotatable bonds is 4. The zero-order chi connectivity index (χ0) is 13.0. The maximum Gasteiger partial charge on any atom is 0.122 e. The Morgan fingerprint density at radius 1 is 1.21 bits per heavy atom. The van der Waals surface area contributed by atoms with Gasteiger partial charge in [-0.25, -0.2) is 0 Å². The Balaban J connectivity index is 0.00000180. The maximum atomic E-state index is 6.00. The van der Waals surface area contributed by atoms with Gasteiger partial charge >= 0.3 is 0 Å². The molecular weight excluding hydrogens is 264 g/mol. The molecule has 1 aliphatic heterocycles. The molecule has 5 heteroatoms. The molecule has 1 aromatic carbocycles. The van der Waals surface area contributed by atoms with E-state index in [0.717, 1.165) is 37.6 Å². The van der Waals surface area contributed by atoms with Crippen molar-refractivity contribution in [3.63, 3.8) is 0 Å². The second-order valence-electron chi connectivity index (χ2n) is 4.86. The Bertz CT molecular complexity index is 379. The highest BCUT2D eigenvalue weighted by atomic mass is 35.5. The van der Waals surface area contributed by atoms with Crippen molar-refractivity contribution in [1.82, 2.24) is 4.90 Å². The topological polar surface area (TPSA) is 47.7 Å². The van der Waals surface area contributed by atoms with Crippen LogP contribution in [0.5, 0.6) is 11.5 Å². The van der Waals surface area contributed by atoms with Gasteiger partial charge in [0, 0.05) is 25.2 Å². The fourth-order valence-electron chi connectivity index (χ4n) is 2.45. The van der Waals surface area contributed by atoms with Crippen molar-refractivity contribution in [3.05, 3.63) is 23.8 Å². The van der Waals surface area contributed by atoms with E-state index in [1.54, 1.807) is 14.2 Å². The van der Waals surface area contributed by atoms with Gasteiger partial charge in [-0.2, -0.15) is 0 Å². The third-order valence-corrected chi connectivity index (χ3v) is 3.36. The van der Waals surface area contributed by atoms with Crippen LogP contribution in [0.2, 0.25) is 0 Å². The smallest absolute Gasteiger partial charge is 0.122 e. The minimum atomic E-state index is 0. The number of methoxy groups -OCH3 is 2. The Labute approximate surface area is 121 Å². The van der Waals surface area contributed by atoms with Crippen LogP contribution in [0.15, 0.2) is 18.2 Å². The second-order valence-corrected chi connectivity index (χ2v) is 4.86. The molecule has 1 saturated heterocycles. The van der Waals surface area contributed by atoms with E-state index < -0.39 is 0 Å². The monoisotopic (exact) mass is 286 g/mol. The highest BCUT2D eigenvalue weighted by Crippen LogP contribution is 2.24. The molecule has 19 heavy (non-hydrogen) atoms. The van der Waals surface area contributed by atoms with Gasteiger partial charge in [-0.1, -0.05) is 0 Å². The molecule has 1 heterocycles. The molecule has 2 rings (SSSR count). The molecule has 0 aromatic heterocycles. The first-order valence-electron chi connectivity index (χ1n) is 6.41. The summed E-state index contributed by atoms with van der Waals surface area (Å²) in [5.74, 6) is 1.68. The molecule has 1 fully saturated rings. The summed E-state index contributed by atoms with van der Waals surface area (Å²) in [6.07, 6.45) is 2.32. The fraction of sp³-hybridized carbons (Fsp3) is 0.571. The minimum absolute atomic E-state index is 0. The summed E-state index contributed by atoms with van der Waals surface area (Å²) < 4.78 is 10.6. The molecule has 1 atom stereocenters. The van der Waals surface area contributed by atoms with Crippen LogP contribution in [-0.2, 0) is 6.54 Å². The quantitative estimate of drug-likeness (QED) is 0.920. The summed E-state index contributed by atoms with van der Waals surface area (Å²) in [5.41, 5.74) is 7.21. The fourth-order valence-corrected chi connectivity index (χ4v) is 2.45. The van der Waals surface area contributed by atoms with E-state index in [0.29, 0.717) is 6.04 Å². The summed E-state index contributed by atoms with van der Waals surface area (Å²) in [6.45, 7) is 2.99. The normalized spacial score (nSPS) is 19.6. The molecular formula is C14H23ClN2O2. The number of benzene rings is 1. The Morgan fingerprint density at radius 3 is 2.37 bits per heavy atom. The van der Waals surface area contributed by atoms with E-state index in [1.165, 1.54) is 12.0 Å². The van der Waals surface area contributed by atoms with Crippen molar-refractivity contribution >= 4 is 12.4 Å². The van der Waals surface area contributed by atoms with Gasteiger partial charge in [0.15, 0.2) is 0 Å². The predicted octanol–water partition coefficient (Wildman–Crippen LogP) is 2.05. The minimum Gasteiger partial charge on any atom is -0.497 e. The third-order valence-electron chi connectivity index (χ3n) is 3.36. The van der Waals surface area contributed by atoms with Crippen LogP contribution in [0.3, 0.4) is 0 Å². The average Bonchev–Trinajstić information content (AvgIpc) is 2.38. The van der Waals surface area contributed by atoms with Crippen molar-refractivity contribution in [3.8, 4) is 11.5 Å². The average molecular weight is 287 g/mol. The highest BCUT2D eigenvalue weighted by molar-refractivity contribution is 5.85. The number of piperidine rings is 1. The van der Waals surface area contributed by atoms with Gasteiger partial charge in [0.2, 0.25) is 0 Å². The van der Waals surface area contributed by atoms with Gasteiger partial charge in [0.05, 0.1) is 14.2 Å². The molecule has 0 amide bonds. The summed E-state index contributed by atoms with van der Waals surface area (Å²) >= 11 is 0. The third kappa shape index (κ3) is 4.56. The van der Waals surface area contributed by atoms with Crippen LogP contribution in [0.1, 0.15) is 18.4 Å². The Morgan fingerprint density at radius 2 is 1.84 bits per heavy atom. The summed E-state index contributed by atoms with van der Waals surface area (Å²) in [6, 6.07) is 6.32. The molecule has 0 radical (unpaired) electrons. The van der Waals surface area contributed by atoms with E-state index in [-0.39, 0.29) is 12.4 Å². The van der Waals surface area contributed by atoms with Crippen LogP contribution in [-0.4, -0.2) is 38.3 Å². The van der Waals surface area contributed by atoms with E-state index >= 15 is 0 Å². The molecule has 1 aliphatic rings. The van der Waals surface area contributed by atoms with Crippen LogP contribution >= 0.6 is 12.4 Å².